The van der Waals surface area contributed by atoms with Gasteiger partial charge < -0.3 is 4.98 Å². The van der Waals surface area contributed by atoms with Gasteiger partial charge in [-0.1, -0.05) is 19.6 Å². The van der Waals surface area contributed by atoms with Crippen LogP contribution in [0.25, 0.3) is 5.65 Å². The van der Waals surface area contributed by atoms with Gasteiger partial charge in [-0.3, -0.25) is 9.20 Å². The van der Waals surface area contributed by atoms with Crippen LogP contribution in [0, 0.1) is 0 Å². The van der Waals surface area contributed by atoms with E-state index in [1.807, 2.05) is 11.8 Å². The molecule has 0 saturated carbocycles. The average Bonchev–Trinajstić information content (AvgIpc) is 2.68. The summed E-state index contributed by atoms with van der Waals surface area (Å²) < 4.78 is 1.76. The van der Waals surface area contributed by atoms with Gasteiger partial charge >= 0.3 is 0 Å². The van der Waals surface area contributed by atoms with Crippen molar-refractivity contribution in [1.29, 1.82) is 0 Å². The number of hydrogen-bond donors (Lipinski definition) is 1. The molecule has 0 atom stereocenters. The minimum atomic E-state index is -0.961. The van der Waals surface area contributed by atoms with Crippen molar-refractivity contribution in [1.82, 2.24) is 19.6 Å². The number of aromatic amines is 1. The van der Waals surface area contributed by atoms with Crippen LogP contribution in [0.2, 0.25) is 25.7 Å². The summed E-state index contributed by atoms with van der Waals surface area (Å²) in [7, 11) is -0.961. The lowest BCUT2D eigenvalue weighted by molar-refractivity contribution is 0.983. The predicted molar refractivity (Wildman–Crippen MR) is 77.9 cm³/mol. The van der Waals surface area contributed by atoms with Crippen molar-refractivity contribution in [2.45, 2.75) is 31.4 Å². The first kappa shape index (κ1) is 13.4. The highest BCUT2D eigenvalue weighted by Crippen LogP contribution is 2.16. The van der Waals surface area contributed by atoms with E-state index in [1.165, 1.54) is 6.04 Å². The molecule has 0 aromatic carbocycles. The Labute approximate surface area is 111 Å². The van der Waals surface area contributed by atoms with Gasteiger partial charge in [-0.05, 0) is 11.8 Å². The highest BCUT2D eigenvalue weighted by Gasteiger charge is 2.13. The summed E-state index contributed by atoms with van der Waals surface area (Å²) in [5.41, 5.74) is 0.182. The van der Waals surface area contributed by atoms with Crippen LogP contribution in [0.1, 0.15) is 5.82 Å². The minimum absolute atomic E-state index is 0.191. The van der Waals surface area contributed by atoms with E-state index in [0.717, 1.165) is 17.3 Å². The van der Waals surface area contributed by atoms with Crippen LogP contribution in [-0.4, -0.2) is 33.4 Å². The number of rotatable bonds is 5. The summed E-state index contributed by atoms with van der Waals surface area (Å²) >= 11 is 1.86. The van der Waals surface area contributed by atoms with E-state index in [9.17, 15) is 4.79 Å². The molecule has 18 heavy (non-hydrogen) atoms. The quantitative estimate of drug-likeness (QED) is 0.673. The van der Waals surface area contributed by atoms with Crippen LogP contribution in [0.3, 0.4) is 0 Å². The van der Waals surface area contributed by atoms with Crippen molar-refractivity contribution < 1.29 is 0 Å². The Balaban J connectivity index is 2.01. The van der Waals surface area contributed by atoms with Crippen molar-refractivity contribution >= 4 is 25.5 Å². The Bertz CT molecular complexity index is 586. The summed E-state index contributed by atoms with van der Waals surface area (Å²) in [6.45, 7) is 7.12. The lowest BCUT2D eigenvalue weighted by atomic mass is 10.6. The molecule has 5 nitrogen and oxygen atoms in total. The van der Waals surface area contributed by atoms with Crippen LogP contribution >= 0.6 is 11.8 Å². The highest BCUT2D eigenvalue weighted by atomic mass is 32.2. The fraction of sp³-hybridized carbons (Fsp3) is 0.545. The zero-order valence-corrected chi connectivity index (χ0v) is 12.8. The number of nitrogens with one attached hydrogen (secondary N) is 1. The Hall–Kier alpha value is -1.08. The normalized spacial score (nSPS) is 12.2. The number of aromatic nitrogens is 4. The van der Waals surface area contributed by atoms with E-state index in [-0.39, 0.29) is 5.56 Å². The number of thioether (sulfide) groups is 1. The SMILES string of the molecule is C[Si](C)(C)CCSCc1nnc2c(=O)[nH]ccn12. The zero-order chi connectivity index (χ0) is 13.2. The molecule has 2 rings (SSSR count). The van der Waals surface area contributed by atoms with Gasteiger partial charge in [-0.15, -0.1) is 10.2 Å². The smallest absolute Gasteiger partial charge is 0.293 e. The van der Waals surface area contributed by atoms with Crippen molar-refractivity contribution in [3.05, 3.63) is 28.6 Å². The molecule has 1 N–H and O–H groups in total. The Morgan fingerprint density at radius 1 is 1.39 bits per heavy atom. The van der Waals surface area contributed by atoms with Crippen LogP contribution in [0.4, 0.5) is 0 Å². The van der Waals surface area contributed by atoms with E-state index in [2.05, 4.69) is 34.8 Å². The molecule has 0 fully saturated rings. The fourth-order valence-corrected chi connectivity index (χ4v) is 5.08. The lowest BCUT2D eigenvalue weighted by Gasteiger charge is -2.14. The van der Waals surface area contributed by atoms with Gasteiger partial charge in [0.25, 0.3) is 5.56 Å². The maximum Gasteiger partial charge on any atom is 0.293 e. The van der Waals surface area contributed by atoms with Gasteiger partial charge in [0, 0.05) is 20.5 Å². The average molecular weight is 282 g/mol. The lowest BCUT2D eigenvalue weighted by Crippen LogP contribution is -2.19. The summed E-state index contributed by atoms with van der Waals surface area (Å²) in [6, 6.07) is 1.30. The topological polar surface area (TPSA) is 63.0 Å². The van der Waals surface area contributed by atoms with E-state index in [0.29, 0.717) is 5.65 Å². The molecule has 0 amide bonds. The standard InChI is InChI=1S/C11H18N4OSSi/c1-18(2,3)7-6-17-8-9-13-14-10-11(16)12-4-5-15(9)10/h4-5H,6-8H2,1-3H3,(H,12,16). The summed E-state index contributed by atoms with van der Waals surface area (Å²) in [5.74, 6) is 2.79. The molecule has 0 aliphatic rings. The largest absolute Gasteiger partial charge is 0.324 e. The predicted octanol–water partition coefficient (Wildman–Crippen LogP) is 1.99. The number of fused-ring (bicyclic) bond motifs is 1. The summed E-state index contributed by atoms with van der Waals surface area (Å²) in [4.78, 5) is 14.1. The van der Waals surface area contributed by atoms with Crippen molar-refractivity contribution in [3.8, 4) is 0 Å². The van der Waals surface area contributed by atoms with E-state index >= 15 is 0 Å². The number of H-pyrrole nitrogens is 1. The molecular formula is C11H18N4OSSi. The summed E-state index contributed by atoms with van der Waals surface area (Å²) in [6.07, 6.45) is 3.42. The van der Waals surface area contributed by atoms with Crippen LogP contribution in [0.15, 0.2) is 17.2 Å². The number of nitrogens with zero attached hydrogens (tertiary/aromatic N) is 3. The second kappa shape index (κ2) is 5.27. The van der Waals surface area contributed by atoms with Gasteiger partial charge in [-0.2, -0.15) is 11.8 Å². The molecule has 2 heterocycles. The second-order valence-corrected chi connectivity index (χ2v) is 12.2. The van der Waals surface area contributed by atoms with E-state index in [1.54, 1.807) is 16.8 Å². The molecule has 0 spiro atoms. The van der Waals surface area contributed by atoms with E-state index in [4.69, 9.17) is 0 Å². The molecule has 2 aromatic heterocycles. The van der Waals surface area contributed by atoms with E-state index < -0.39 is 8.07 Å². The third-order valence-corrected chi connectivity index (χ3v) is 5.70. The van der Waals surface area contributed by atoms with Crippen molar-refractivity contribution in [2.24, 2.45) is 0 Å². The maximum absolute atomic E-state index is 11.5. The first-order chi connectivity index (χ1) is 8.47. The second-order valence-electron chi connectivity index (χ2n) is 5.46. The van der Waals surface area contributed by atoms with Gasteiger partial charge in [0.1, 0.15) is 5.82 Å². The van der Waals surface area contributed by atoms with Crippen LogP contribution in [0.5, 0.6) is 0 Å². The van der Waals surface area contributed by atoms with Gasteiger partial charge in [0.2, 0.25) is 5.65 Å². The monoisotopic (exact) mass is 282 g/mol. The fourth-order valence-electron chi connectivity index (χ4n) is 1.53. The highest BCUT2D eigenvalue weighted by molar-refractivity contribution is 7.98. The molecule has 0 bridgehead atoms. The molecule has 0 radical (unpaired) electrons. The maximum atomic E-state index is 11.5. The molecule has 0 unspecified atom stereocenters. The molecule has 0 aliphatic carbocycles. The third-order valence-electron chi connectivity index (χ3n) is 2.64. The Morgan fingerprint density at radius 2 is 2.17 bits per heavy atom. The van der Waals surface area contributed by atoms with Gasteiger partial charge in [-0.25, -0.2) is 0 Å². The summed E-state index contributed by atoms with van der Waals surface area (Å²) in [5, 5.41) is 7.98. The third kappa shape index (κ3) is 3.23. The number of hydrogen-bond acceptors (Lipinski definition) is 4. The molecule has 0 saturated heterocycles. The zero-order valence-electron chi connectivity index (χ0n) is 10.9. The van der Waals surface area contributed by atoms with Gasteiger partial charge in [0.15, 0.2) is 0 Å². The minimum Gasteiger partial charge on any atom is -0.324 e. The Kier molecular flexibility index (Phi) is 3.91. The first-order valence-corrected chi connectivity index (χ1v) is 10.8. The van der Waals surface area contributed by atoms with Crippen LogP contribution < -0.4 is 5.56 Å². The first-order valence-electron chi connectivity index (χ1n) is 5.96. The molecule has 7 heteroatoms. The molecule has 98 valence electrons. The van der Waals surface area contributed by atoms with Gasteiger partial charge in [0.05, 0.1) is 5.75 Å². The van der Waals surface area contributed by atoms with Crippen molar-refractivity contribution in [2.75, 3.05) is 5.75 Å². The molecule has 0 aliphatic heterocycles. The molecular weight excluding hydrogens is 264 g/mol. The molecule has 2 aromatic rings. The van der Waals surface area contributed by atoms with Crippen LogP contribution in [-0.2, 0) is 5.75 Å². The van der Waals surface area contributed by atoms with Crippen molar-refractivity contribution in [3.63, 3.8) is 0 Å². The Morgan fingerprint density at radius 3 is 2.89 bits per heavy atom.